The highest BCUT2D eigenvalue weighted by molar-refractivity contribution is 6.31. The SMILES string of the molecule is CC(C)(C)C(NC(=O)C(F)(F)F)C(=O)N1CC2C(C1C(=O)NC(C#N)CC1C(=O)Nc3c(F)cc(Cl)cc31)C2(C)C. The van der Waals surface area contributed by atoms with Gasteiger partial charge in [-0.15, -0.1) is 0 Å². The Hall–Kier alpha value is -3.40. The van der Waals surface area contributed by atoms with Crippen LogP contribution in [0.25, 0.3) is 0 Å². The van der Waals surface area contributed by atoms with Gasteiger partial charge in [0.2, 0.25) is 17.7 Å². The third kappa shape index (κ3) is 5.58. The number of hydrogen-bond donors (Lipinski definition) is 3. The number of anilines is 1. The van der Waals surface area contributed by atoms with Crippen molar-refractivity contribution in [2.75, 3.05) is 11.9 Å². The first-order valence-corrected chi connectivity index (χ1v) is 13.3. The number of piperidine rings is 1. The van der Waals surface area contributed by atoms with Crippen LogP contribution in [0.2, 0.25) is 5.02 Å². The zero-order chi connectivity index (χ0) is 30.8. The van der Waals surface area contributed by atoms with Gasteiger partial charge in [-0.1, -0.05) is 46.2 Å². The van der Waals surface area contributed by atoms with Gasteiger partial charge in [-0.25, -0.2) is 4.39 Å². The summed E-state index contributed by atoms with van der Waals surface area (Å²) in [6, 6.07) is 0.419. The summed E-state index contributed by atoms with van der Waals surface area (Å²) >= 11 is 5.95. The van der Waals surface area contributed by atoms with Crippen LogP contribution in [-0.4, -0.2) is 59.4 Å². The monoisotopic (exact) mass is 599 g/mol. The van der Waals surface area contributed by atoms with Gasteiger partial charge in [-0.3, -0.25) is 19.2 Å². The summed E-state index contributed by atoms with van der Waals surface area (Å²) in [5.74, 6) is -6.61. The molecule has 14 heteroatoms. The van der Waals surface area contributed by atoms with Crippen molar-refractivity contribution in [3.05, 3.63) is 28.5 Å². The van der Waals surface area contributed by atoms with Crippen LogP contribution < -0.4 is 16.0 Å². The van der Waals surface area contributed by atoms with Crippen molar-refractivity contribution in [1.82, 2.24) is 15.5 Å². The van der Waals surface area contributed by atoms with Crippen molar-refractivity contribution in [1.29, 1.82) is 5.26 Å². The maximum Gasteiger partial charge on any atom is 0.471 e. The fourth-order valence-electron chi connectivity index (χ4n) is 6.06. The van der Waals surface area contributed by atoms with Crippen molar-refractivity contribution in [3.8, 4) is 6.07 Å². The van der Waals surface area contributed by atoms with Crippen LogP contribution in [0.4, 0.5) is 23.2 Å². The number of alkyl halides is 3. The van der Waals surface area contributed by atoms with E-state index in [9.17, 15) is 42.0 Å². The predicted octanol–water partition coefficient (Wildman–Crippen LogP) is 3.49. The molecule has 0 aromatic heterocycles. The van der Waals surface area contributed by atoms with Crippen LogP contribution in [0, 0.1) is 39.8 Å². The van der Waals surface area contributed by atoms with E-state index in [1.54, 1.807) is 5.32 Å². The predicted molar refractivity (Wildman–Crippen MR) is 139 cm³/mol. The lowest BCUT2D eigenvalue weighted by Crippen LogP contribution is -2.61. The summed E-state index contributed by atoms with van der Waals surface area (Å²) in [7, 11) is 0. The number of likely N-dealkylation sites (tertiary alicyclic amines) is 1. The Kier molecular flexibility index (Phi) is 7.56. The fourth-order valence-corrected chi connectivity index (χ4v) is 6.28. The van der Waals surface area contributed by atoms with Gasteiger partial charge in [0.25, 0.3) is 0 Å². The molecule has 2 heterocycles. The van der Waals surface area contributed by atoms with E-state index in [-0.39, 0.29) is 46.5 Å². The Morgan fingerprint density at radius 3 is 2.41 bits per heavy atom. The molecule has 0 spiro atoms. The number of fused-ring (bicyclic) bond motifs is 2. The number of rotatable bonds is 6. The summed E-state index contributed by atoms with van der Waals surface area (Å²) < 4.78 is 53.4. The largest absolute Gasteiger partial charge is 0.471 e. The molecule has 3 N–H and O–H groups in total. The molecule has 0 radical (unpaired) electrons. The van der Waals surface area contributed by atoms with Crippen LogP contribution in [-0.2, 0) is 19.2 Å². The average Bonchev–Trinajstić information content (AvgIpc) is 3.15. The molecule has 2 fully saturated rings. The molecule has 9 nitrogen and oxygen atoms in total. The van der Waals surface area contributed by atoms with Crippen LogP contribution in [0.3, 0.4) is 0 Å². The van der Waals surface area contributed by atoms with E-state index in [0.717, 1.165) is 6.07 Å². The highest BCUT2D eigenvalue weighted by Gasteiger charge is 2.70. The first kappa shape index (κ1) is 30.6. The van der Waals surface area contributed by atoms with E-state index in [2.05, 4.69) is 10.6 Å². The van der Waals surface area contributed by atoms with Crippen molar-refractivity contribution in [2.24, 2.45) is 22.7 Å². The minimum Gasteiger partial charge on any atom is -0.339 e. The molecule has 4 rings (SSSR count). The molecule has 222 valence electrons. The van der Waals surface area contributed by atoms with Gasteiger partial charge < -0.3 is 20.9 Å². The van der Waals surface area contributed by atoms with E-state index in [0.29, 0.717) is 0 Å². The molecule has 1 aromatic carbocycles. The first-order chi connectivity index (χ1) is 18.8. The van der Waals surface area contributed by atoms with Crippen molar-refractivity contribution >= 4 is 40.9 Å². The molecular weight excluding hydrogens is 570 g/mol. The number of nitrogens with zero attached hydrogens (tertiary/aromatic N) is 2. The minimum absolute atomic E-state index is 0.0495. The lowest BCUT2D eigenvalue weighted by molar-refractivity contribution is -0.176. The highest BCUT2D eigenvalue weighted by atomic mass is 35.5. The summed E-state index contributed by atoms with van der Waals surface area (Å²) in [4.78, 5) is 52.7. The second-order valence-electron chi connectivity index (χ2n) is 12.5. The summed E-state index contributed by atoms with van der Waals surface area (Å²) in [5, 5.41) is 16.6. The molecule has 3 aliphatic rings. The second kappa shape index (κ2) is 10.2. The fraction of sp³-hybridized carbons (Fsp3) is 0.593. The Balaban J connectivity index is 1.56. The van der Waals surface area contributed by atoms with Crippen LogP contribution in [0.1, 0.15) is 52.5 Å². The summed E-state index contributed by atoms with van der Waals surface area (Å²) in [5.41, 5.74) is -1.30. The molecular formula is C27H30ClF4N5O4. The number of carbonyl (C=O) groups is 4. The van der Waals surface area contributed by atoms with Crippen molar-refractivity contribution < 1.29 is 36.7 Å². The molecule has 1 saturated carbocycles. The zero-order valence-electron chi connectivity index (χ0n) is 23.0. The lowest BCUT2D eigenvalue weighted by Gasteiger charge is -2.37. The van der Waals surface area contributed by atoms with Gasteiger partial charge >= 0.3 is 12.1 Å². The van der Waals surface area contributed by atoms with Gasteiger partial charge in [0.1, 0.15) is 23.9 Å². The molecule has 0 bridgehead atoms. The topological polar surface area (TPSA) is 131 Å². The third-order valence-electron chi connectivity index (χ3n) is 8.38. The molecule has 6 atom stereocenters. The van der Waals surface area contributed by atoms with E-state index in [1.807, 2.05) is 19.9 Å². The van der Waals surface area contributed by atoms with Gasteiger partial charge in [-0.2, -0.15) is 18.4 Å². The normalized spacial score (nSPS) is 25.8. The van der Waals surface area contributed by atoms with Crippen LogP contribution in [0.15, 0.2) is 12.1 Å². The van der Waals surface area contributed by atoms with E-state index >= 15 is 0 Å². The van der Waals surface area contributed by atoms with Gasteiger partial charge in [-0.05, 0) is 46.8 Å². The summed E-state index contributed by atoms with van der Waals surface area (Å²) in [6.07, 6.45) is -5.43. The van der Waals surface area contributed by atoms with Gasteiger partial charge in [0.05, 0.1) is 17.7 Å². The number of benzene rings is 1. The summed E-state index contributed by atoms with van der Waals surface area (Å²) in [6.45, 7) is 8.36. The number of nitrogens with one attached hydrogen (secondary N) is 3. The van der Waals surface area contributed by atoms with Crippen LogP contribution >= 0.6 is 11.6 Å². The van der Waals surface area contributed by atoms with Gasteiger partial charge in [0, 0.05) is 11.6 Å². The van der Waals surface area contributed by atoms with E-state index in [4.69, 9.17) is 11.6 Å². The van der Waals surface area contributed by atoms with Gasteiger partial charge in [0.15, 0.2) is 0 Å². The molecule has 4 amide bonds. The quantitative estimate of drug-likeness (QED) is 0.431. The van der Waals surface area contributed by atoms with E-state index < -0.39 is 65.1 Å². The Bertz CT molecular complexity index is 1350. The lowest BCUT2D eigenvalue weighted by atomic mass is 9.85. The molecule has 2 aliphatic heterocycles. The van der Waals surface area contributed by atoms with Crippen molar-refractivity contribution in [3.63, 3.8) is 0 Å². The average molecular weight is 600 g/mol. The number of amides is 4. The standard InChI is InChI=1S/C27H30ClF4N5O4/c1-25(2,3)20(36-24(41)27(30,31)32)23(40)37-10-15-17(26(15,4)5)19(37)22(39)34-12(9-33)8-14-13-6-11(28)7-16(29)18(13)35-21(14)38/h6-7,12,14-15,17,19-20H,8,10H2,1-5H3,(H,34,39)(H,35,38)(H,36,41). The van der Waals surface area contributed by atoms with Crippen molar-refractivity contribution in [2.45, 2.75) is 71.3 Å². The Morgan fingerprint density at radius 1 is 1.22 bits per heavy atom. The Labute approximate surface area is 238 Å². The second-order valence-corrected chi connectivity index (χ2v) is 12.9. The molecule has 1 saturated heterocycles. The minimum atomic E-state index is -5.21. The highest BCUT2D eigenvalue weighted by Crippen LogP contribution is 2.65. The van der Waals surface area contributed by atoms with E-state index in [1.165, 1.54) is 31.7 Å². The smallest absolute Gasteiger partial charge is 0.339 e. The molecule has 6 unspecified atom stereocenters. The van der Waals surface area contributed by atoms with Crippen LogP contribution in [0.5, 0.6) is 0 Å². The number of nitriles is 1. The maximum atomic E-state index is 14.3. The Morgan fingerprint density at radius 2 is 1.85 bits per heavy atom. The number of halogens is 5. The first-order valence-electron chi connectivity index (χ1n) is 13.0. The molecule has 41 heavy (non-hydrogen) atoms. The molecule has 1 aliphatic carbocycles. The number of hydrogen-bond acceptors (Lipinski definition) is 5. The zero-order valence-corrected chi connectivity index (χ0v) is 23.7. The number of carbonyl (C=O) groups excluding carboxylic acids is 4. The third-order valence-corrected chi connectivity index (χ3v) is 8.59. The molecule has 1 aromatic rings. The maximum absolute atomic E-state index is 14.3.